The van der Waals surface area contributed by atoms with Crippen molar-refractivity contribution in [1.29, 1.82) is 0 Å². The van der Waals surface area contributed by atoms with E-state index in [1.807, 2.05) is 0 Å². The third-order valence-electron chi connectivity index (χ3n) is 3.06. The molecule has 0 bridgehead atoms. The van der Waals surface area contributed by atoms with Crippen molar-refractivity contribution < 1.29 is 38.6 Å². The van der Waals surface area contributed by atoms with Gasteiger partial charge in [-0.2, -0.15) is 0 Å². The average Bonchev–Trinajstić information content (AvgIpc) is 2.68. The number of nitrogens with zero attached hydrogens (tertiary/aromatic N) is 1. The Balaban J connectivity index is 2.11. The van der Waals surface area contributed by atoms with Gasteiger partial charge in [-0.1, -0.05) is 6.58 Å². The summed E-state index contributed by atoms with van der Waals surface area (Å²) in [7, 11) is -4.72. The number of rotatable bonds is 4. The van der Waals surface area contributed by atoms with Crippen LogP contribution in [0.2, 0.25) is 0 Å². The van der Waals surface area contributed by atoms with E-state index in [0.717, 1.165) is 0 Å². The fraction of sp³-hybridized carbons (Fsp3) is 0.500. The Labute approximate surface area is 138 Å². The number of amides is 1. The SMILES string of the molecule is C=C1NC(=O)C(I)=CN1[C@@H]1O[C@H](COP(=O)(O)O)C(O)[C@H]1O. The topological polar surface area (TPSA) is 149 Å². The number of carbonyl (C=O) groups excluding carboxylic acids is 1. The molecule has 4 atom stereocenters. The molecule has 0 saturated carbocycles. The van der Waals surface area contributed by atoms with Gasteiger partial charge in [-0.3, -0.25) is 9.32 Å². The molecule has 1 saturated heterocycles. The first-order valence-corrected chi connectivity index (χ1v) is 8.58. The molecule has 5 N–H and O–H groups in total. The van der Waals surface area contributed by atoms with Crippen molar-refractivity contribution in [3.8, 4) is 0 Å². The highest BCUT2D eigenvalue weighted by atomic mass is 127. The quantitative estimate of drug-likeness (QED) is 0.262. The fourth-order valence-corrected chi connectivity index (χ4v) is 2.78. The molecule has 0 spiro atoms. The van der Waals surface area contributed by atoms with Crippen LogP contribution in [-0.4, -0.2) is 62.0 Å². The summed E-state index contributed by atoms with van der Waals surface area (Å²) in [6, 6.07) is 0. The molecule has 0 aliphatic carbocycles. The van der Waals surface area contributed by atoms with Crippen LogP contribution in [0.1, 0.15) is 0 Å². The zero-order chi connectivity index (χ0) is 16.7. The standard InChI is InChI=1S/C10H14IN2O8P/c1-4-12-9(16)5(11)2-13(4)10-8(15)7(14)6(21-10)3-20-22(17,18)19/h2,6-8,10,14-15H,1,3H2,(H,12,16)(H2,17,18,19)/t6-,7?,8-,10-/m1/s1. The van der Waals surface area contributed by atoms with Gasteiger partial charge in [0.25, 0.3) is 5.91 Å². The maximum atomic E-state index is 11.5. The van der Waals surface area contributed by atoms with Crippen molar-refractivity contribution in [3.05, 3.63) is 22.2 Å². The van der Waals surface area contributed by atoms with E-state index in [1.165, 1.54) is 11.1 Å². The van der Waals surface area contributed by atoms with Gasteiger partial charge in [-0.05, 0) is 22.6 Å². The minimum Gasteiger partial charge on any atom is -0.387 e. The minimum absolute atomic E-state index is 0.137. The van der Waals surface area contributed by atoms with Crippen LogP contribution in [0.5, 0.6) is 0 Å². The number of phosphoric ester groups is 1. The minimum atomic E-state index is -4.72. The second-order valence-corrected chi connectivity index (χ2v) is 7.02. The monoisotopic (exact) mass is 448 g/mol. The van der Waals surface area contributed by atoms with Crippen molar-refractivity contribution in [1.82, 2.24) is 10.2 Å². The Kier molecular flexibility index (Phi) is 5.29. The first-order valence-electron chi connectivity index (χ1n) is 5.98. The number of phosphoric acid groups is 1. The van der Waals surface area contributed by atoms with Gasteiger partial charge in [0, 0.05) is 6.20 Å². The average molecular weight is 448 g/mol. The number of aliphatic hydroxyl groups excluding tert-OH is 2. The number of nitrogens with one attached hydrogen (secondary N) is 1. The van der Waals surface area contributed by atoms with Crippen LogP contribution in [0, 0.1) is 0 Å². The van der Waals surface area contributed by atoms with E-state index in [2.05, 4.69) is 16.4 Å². The zero-order valence-electron chi connectivity index (χ0n) is 11.0. The molecular weight excluding hydrogens is 434 g/mol. The molecule has 0 radical (unpaired) electrons. The van der Waals surface area contributed by atoms with Crippen LogP contribution in [0.4, 0.5) is 0 Å². The molecule has 0 aromatic rings. The summed E-state index contributed by atoms with van der Waals surface area (Å²) in [6.45, 7) is 3.01. The van der Waals surface area contributed by atoms with Crippen LogP contribution in [0.15, 0.2) is 22.2 Å². The van der Waals surface area contributed by atoms with Gasteiger partial charge in [-0.15, -0.1) is 0 Å². The van der Waals surface area contributed by atoms with E-state index in [1.54, 1.807) is 22.6 Å². The summed E-state index contributed by atoms with van der Waals surface area (Å²) in [6.07, 6.45) is -3.66. The van der Waals surface area contributed by atoms with Crippen molar-refractivity contribution >= 4 is 36.3 Å². The molecule has 12 heteroatoms. The van der Waals surface area contributed by atoms with Gasteiger partial charge in [0.1, 0.15) is 24.1 Å². The third-order valence-corrected chi connectivity index (χ3v) is 4.31. The smallest absolute Gasteiger partial charge is 0.387 e. The Morgan fingerprint density at radius 1 is 1.45 bits per heavy atom. The number of aliphatic hydroxyl groups is 2. The molecule has 0 aromatic carbocycles. The Morgan fingerprint density at radius 3 is 2.68 bits per heavy atom. The second-order valence-electron chi connectivity index (χ2n) is 4.62. The lowest BCUT2D eigenvalue weighted by atomic mass is 10.1. The number of hydrogen-bond donors (Lipinski definition) is 5. The summed E-state index contributed by atoms with van der Waals surface area (Å²) in [5.74, 6) is -0.227. The normalized spacial score (nSPS) is 33.0. The molecule has 2 heterocycles. The molecule has 0 aromatic heterocycles. The first-order chi connectivity index (χ1) is 10.1. The first kappa shape index (κ1) is 17.8. The summed E-state index contributed by atoms with van der Waals surface area (Å²) in [5.41, 5.74) is 0. The molecular formula is C10H14IN2O8P. The van der Waals surface area contributed by atoms with Gasteiger partial charge in [0.2, 0.25) is 0 Å². The second kappa shape index (κ2) is 6.53. The molecule has 1 amide bonds. The van der Waals surface area contributed by atoms with Crippen molar-refractivity contribution in [2.75, 3.05) is 6.61 Å². The molecule has 2 aliphatic heterocycles. The summed E-state index contributed by atoms with van der Waals surface area (Å²) in [4.78, 5) is 30.1. The Morgan fingerprint density at radius 2 is 2.09 bits per heavy atom. The van der Waals surface area contributed by atoms with Gasteiger partial charge in [-0.25, -0.2) is 4.57 Å². The molecule has 1 unspecified atom stereocenters. The number of halogens is 1. The largest absolute Gasteiger partial charge is 0.469 e. The molecule has 2 aliphatic rings. The highest BCUT2D eigenvalue weighted by Gasteiger charge is 2.47. The highest BCUT2D eigenvalue weighted by molar-refractivity contribution is 14.1. The van der Waals surface area contributed by atoms with Gasteiger partial charge < -0.3 is 35.0 Å². The van der Waals surface area contributed by atoms with Crippen molar-refractivity contribution in [2.24, 2.45) is 0 Å². The lowest BCUT2D eigenvalue weighted by Crippen LogP contribution is -2.47. The van der Waals surface area contributed by atoms with E-state index in [9.17, 15) is 19.6 Å². The highest BCUT2D eigenvalue weighted by Crippen LogP contribution is 2.37. The predicted molar refractivity (Wildman–Crippen MR) is 79.9 cm³/mol. The van der Waals surface area contributed by atoms with E-state index in [-0.39, 0.29) is 11.7 Å². The molecule has 1 fully saturated rings. The van der Waals surface area contributed by atoms with E-state index >= 15 is 0 Å². The number of hydrogen-bond acceptors (Lipinski definition) is 7. The van der Waals surface area contributed by atoms with Crippen LogP contribution >= 0.6 is 30.4 Å². The summed E-state index contributed by atoms with van der Waals surface area (Å²) in [5, 5.41) is 22.4. The number of carbonyl (C=O) groups is 1. The maximum absolute atomic E-state index is 11.5. The Hall–Kier alpha value is -0.530. The predicted octanol–water partition coefficient (Wildman–Crippen LogP) is -1.28. The molecule has 10 nitrogen and oxygen atoms in total. The summed E-state index contributed by atoms with van der Waals surface area (Å²) < 4.78 is 20.6. The van der Waals surface area contributed by atoms with Crippen LogP contribution in [0.3, 0.4) is 0 Å². The maximum Gasteiger partial charge on any atom is 0.469 e. The molecule has 2 rings (SSSR count). The van der Waals surface area contributed by atoms with Gasteiger partial charge in [0.05, 0.1) is 10.2 Å². The lowest BCUT2D eigenvalue weighted by Gasteiger charge is -2.33. The zero-order valence-corrected chi connectivity index (χ0v) is 14.0. The molecule has 124 valence electrons. The van der Waals surface area contributed by atoms with Crippen LogP contribution < -0.4 is 5.32 Å². The van der Waals surface area contributed by atoms with E-state index < -0.39 is 39.0 Å². The lowest BCUT2D eigenvalue weighted by molar-refractivity contribution is -0.118. The third kappa shape index (κ3) is 3.86. The number of ether oxygens (including phenoxy) is 1. The van der Waals surface area contributed by atoms with Gasteiger partial charge >= 0.3 is 7.82 Å². The van der Waals surface area contributed by atoms with Crippen molar-refractivity contribution in [2.45, 2.75) is 24.5 Å². The fourth-order valence-electron chi connectivity index (χ4n) is 2.01. The van der Waals surface area contributed by atoms with Crippen LogP contribution in [-0.2, 0) is 18.6 Å². The van der Waals surface area contributed by atoms with E-state index in [4.69, 9.17) is 14.5 Å². The molecule has 22 heavy (non-hydrogen) atoms. The van der Waals surface area contributed by atoms with E-state index in [0.29, 0.717) is 3.58 Å². The Bertz CT molecular complexity index is 563. The van der Waals surface area contributed by atoms with Crippen molar-refractivity contribution in [3.63, 3.8) is 0 Å². The van der Waals surface area contributed by atoms with Gasteiger partial charge in [0.15, 0.2) is 6.23 Å². The van der Waals surface area contributed by atoms with Crippen LogP contribution in [0.25, 0.3) is 0 Å². The summed E-state index contributed by atoms with van der Waals surface area (Å²) >= 11 is 1.78.